The molecule has 0 spiro atoms. The third-order valence-electron chi connectivity index (χ3n) is 7.55. The number of amides is 1. The summed E-state index contributed by atoms with van der Waals surface area (Å²) in [6, 6.07) is 17.6. The van der Waals surface area contributed by atoms with E-state index in [4.69, 9.17) is 4.74 Å². The van der Waals surface area contributed by atoms with Crippen molar-refractivity contribution in [3.63, 3.8) is 0 Å². The SMILES string of the molecule is Cc1c2cccc1C(=O)N1CCc3ccc(cc3C1)C(CC(=O)O)c1ccc3c(c1)nnn3C/C=C/CO2. The lowest BCUT2D eigenvalue weighted by molar-refractivity contribution is -0.137. The Kier molecular flexibility index (Phi) is 6.15. The number of nitrogens with zero attached hydrogens (tertiary/aromatic N) is 4. The fourth-order valence-electron chi connectivity index (χ4n) is 5.46. The molecule has 4 heterocycles. The van der Waals surface area contributed by atoms with Gasteiger partial charge in [0.2, 0.25) is 0 Å². The highest BCUT2D eigenvalue weighted by Crippen LogP contribution is 2.33. The Bertz CT molecular complexity index is 1590. The van der Waals surface area contributed by atoms with E-state index in [0.717, 1.165) is 39.7 Å². The Hall–Kier alpha value is -4.46. The molecular formula is C30H28N4O4. The zero-order chi connectivity index (χ0) is 26.2. The van der Waals surface area contributed by atoms with Crippen molar-refractivity contribution in [2.75, 3.05) is 13.2 Å². The summed E-state index contributed by atoms with van der Waals surface area (Å²) in [7, 11) is 0. The summed E-state index contributed by atoms with van der Waals surface area (Å²) in [5.74, 6) is -0.559. The highest BCUT2D eigenvalue weighted by atomic mass is 16.5. The van der Waals surface area contributed by atoms with Gasteiger partial charge >= 0.3 is 5.97 Å². The van der Waals surface area contributed by atoms with Gasteiger partial charge in [0.25, 0.3) is 5.91 Å². The molecule has 1 amide bonds. The second-order valence-corrected chi connectivity index (χ2v) is 9.89. The van der Waals surface area contributed by atoms with E-state index in [-0.39, 0.29) is 18.2 Å². The van der Waals surface area contributed by atoms with E-state index >= 15 is 0 Å². The largest absolute Gasteiger partial charge is 0.489 e. The number of carbonyl (C=O) groups excluding carboxylic acids is 1. The molecule has 0 saturated heterocycles. The number of carboxylic acid groups (broad SMARTS) is 1. The number of ether oxygens (including phenoxy) is 1. The van der Waals surface area contributed by atoms with Gasteiger partial charge in [-0.2, -0.15) is 0 Å². The summed E-state index contributed by atoms with van der Waals surface area (Å²) >= 11 is 0. The van der Waals surface area contributed by atoms with E-state index in [1.807, 2.05) is 66.4 Å². The molecule has 1 N–H and O–H groups in total. The summed E-state index contributed by atoms with van der Waals surface area (Å²) in [6.45, 7) is 3.91. The van der Waals surface area contributed by atoms with Crippen molar-refractivity contribution in [2.24, 2.45) is 0 Å². The van der Waals surface area contributed by atoms with E-state index in [2.05, 4.69) is 22.4 Å². The van der Waals surface area contributed by atoms with E-state index in [1.54, 1.807) is 4.68 Å². The minimum Gasteiger partial charge on any atom is -0.489 e. The van der Waals surface area contributed by atoms with Crippen LogP contribution in [0.5, 0.6) is 5.75 Å². The lowest BCUT2D eigenvalue weighted by Gasteiger charge is -2.30. The van der Waals surface area contributed by atoms with Crippen LogP contribution >= 0.6 is 0 Å². The van der Waals surface area contributed by atoms with E-state index < -0.39 is 5.97 Å². The third-order valence-corrected chi connectivity index (χ3v) is 7.55. The Morgan fingerprint density at radius 1 is 1.08 bits per heavy atom. The van der Waals surface area contributed by atoms with E-state index in [1.165, 1.54) is 5.56 Å². The first-order valence-corrected chi connectivity index (χ1v) is 12.8. The highest BCUT2D eigenvalue weighted by Gasteiger charge is 2.26. The maximum Gasteiger partial charge on any atom is 0.304 e. The molecule has 3 aliphatic heterocycles. The van der Waals surface area contributed by atoms with Gasteiger partial charge in [0.1, 0.15) is 17.9 Å². The number of benzene rings is 3. The fraction of sp³-hybridized carbons (Fsp3) is 0.267. The zero-order valence-electron chi connectivity index (χ0n) is 21.1. The summed E-state index contributed by atoms with van der Waals surface area (Å²) in [5, 5.41) is 18.4. The van der Waals surface area contributed by atoms with Crippen molar-refractivity contribution >= 4 is 22.9 Å². The number of aliphatic carboxylic acids is 1. The minimum absolute atomic E-state index is 0.0268. The van der Waals surface area contributed by atoms with Gasteiger partial charge in [0.15, 0.2) is 0 Å². The predicted molar refractivity (Wildman–Crippen MR) is 142 cm³/mol. The number of hydrogen-bond donors (Lipinski definition) is 1. The molecule has 8 heteroatoms. The molecule has 192 valence electrons. The number of carbonyl (C=O) groups is 2. The number of allylic oxidation sites excluding steroid dienone is 1. The number of hydrogen-bond acceptors (Lipinski definition) is 5. The Balaban J connectivity index is 1.46. The standard InChI is InChI=1S/C30H28N4O4/c1-19-24-5-4-6-28(19)38-14-3-2-12-34-27-10-9-22(16-26(27)31-32-34)25(17-29(35)36)21-8-7-20-11-13-33(30(24)37)18-23(20)15-21/h2-10,15-16,25H,11-14,17-18H2,1H3,(H,35,36)/b3-2+. The van der Waals surface area contributed by atoms with E-state index in [9.17, 15) is 14.7 Å². The van der Waals surface area contributed by atoms with Crippen LogP contribution in [0.15, 0.2) is 66.7 Å². The fourth-order valence-corrected chi connectivity index (χ4v) is 5.46. The van der Waals surface area contributed by atoms with Gasteiger partial charge in [-0.3, -0.25) is 9.59 Å². The lowest BCUT2D eigenvalue weighted by atomic mass is 9.85. The van der Waals surface area contributed by atoms with E-state index in [0.29, 0.717) is 37.6 Å². The number of carboxylic acids is 1. The predicted octanol–water partition coefficient (Wildman–Crippen LogP) is 4.49. The number of fused-ring (bicyclic) bond motifs is 4. The Morgan fingerprint density at radius 2 is 1.92 bits per heavy atom. The van der Waals surface area contributed by atoms with Crippen molar-refractivity contribution in [2.45, 2.75) is 38.8 Å². The van der Waals surface area contributed by atoms with Crippen LogP contribution < -0.4 is 4.74 Å². The topological polar surface area (TPSA) is 97.5 Å². The molecule has 3 aromatic carbocycles. The molecular weight excluding hydrogens is 480 g/mol. The number of aromatic nitrogens is 3. The van der Waals surface area contributed by atoms with Gasteiger partial charge in [-0.1, -0.05) is 41.6 Å². The molecule has 4 aromatic rings. The first-order chi connectivity index (χ1) is 18.5. The van der Waals surface area contributed by atoms with Crippen LogP contribution in [-0.4, -0.2) is 50.0 Å². The van der Waals surface area contributed by atoms with Gasteiger partial charge in [-0.15, -0.1) is 5.10 Å². The molecule has 9 bridgehead atoms. The van der Waals surface area contributed by atoms with Crippen molar-refractivity contribution in [1.29, 1.82) is 0 Å². The lowest BCUT2D eigenvalue weighted by Crippen LogP contribution is -2.36. The molecule has 0 radical (unpaired) electrons. The smallest absolute Gasteiger partial charge is 0.304 e. The maximum absolute atomic E-state index is 13.6. The van der Waals surface area contributed by atoms with Gasteiger partial charge in [0.05, 0.1) is 18.5 Å². The summed E-state index contributed by atoms with van der Waals surface area (Å²) in [5.41, 5.74) is 7.08. The van der Waals surface area contributed by atoms with Gasteiger partial charge in [-0.25, -0.2) is 4.68 Å². The van der Waals surface area contributed by atoms with Crippen molar-refractivity contribution in [1.82, 2.24) is 19.9 Å². The van der Waals surface area contributed by atoms with Crippen LogP contribution in [0.4, 0.5) is 0 Å². The molecule has 7 rings (SSSR count). The quantitative estimate of drug-likeness (QED) is 0.401. The van der Waals surface area contributed by atoms with Crippen LogP contribution in [0.2, 0.25) is 0 Å². The first-order valence-electron chi connectivity index (χ1n) is 12.8. The van der Waals surface area contributed by atoms with Crippen LogP contribution in [0.1, 0.15) is 50.5 Å². The molecule has 1 atom stereocenters. The van der Waals surface area contributed by atoms with Gasteiger partial charge in [-0.05, 0) is 65.9 Å². The summed E-state index contributed by atoms with van der Waals surface area (Å²) < 4.78 is 7.80. The average Bonchev–Trinajstić information content (AvgIpc) is 3.33. The molecule has 8 nitrogen and oxygen atoms in total. The molecule has 0 fully saturated rings. The zero-order valence-corrected chi connectivity index (χ0v) is 21.1. The molecule has 0 saturated carbocycles. The second-order valence-electron chi connectivity index (χ2n) is 9.89. The summed E-state index contributed by atoms with van der Waals surface area (Å²) in [4.78, 5) is 27.3. The van der Waals surface area contributed by atoms with Gasteiger partial charge in [0, 0.05) is 30.1 Å². The molecule has 38 heavy (non-hydrogen) atoms. The molecule has 0 aliphatic carbocycles. The van der Waals surface area contributed by atoms with Crippen LogP contribution in [-0.2, 0) is 24.3 Å². The summed E-state index contributed by atoms with van der Waals surface area (Å²) in [6.07, 6.45) is 4.60. The van der Waals surface area contributed by atoms with Crippen LogP contribution in [0.3, 0.4) is 0 Å². The Labute approximate surface area is 220 Å². The van der Waals surface area contributed by atoms with Crippen LogP contribution in [0, 0.1) is 6.92 Å². The van der Waals surface area contributed by atoms with Crippen LogP contribution in [0.25, 0.3) is 11.0 Å². The second kappa shape index (κ2) is 9.78. The molecule has 1 unspecified atom stereocenters. The average molecular weight is 509 g/mol. The molecule has 3 aliphatic rings. The van der Waals surface area contributed by atoms with Crippen molar-refractivity contribution in [3.8, 4) is 5.75 Å². The normalized spacial score (nSPS) is 18.1. The highest BCUT2D eigenvalue weighted by molar-refractivity contribution is 5.96. The molecule has 1 aromatic heterocycles. The first kappa shape index (κ1) is 23.9. The van der Waals surface area contributed by atoms with Crippen molar-refractivity contribution in [3.05, 3.63) is 100 Å². The Morgan fingerprint density at radius 3 is 2.79 bits per heavy atom. The third kappa shape index (κ3) is 4.42. The number of rotatable bonds is 2. The monoisotopic (exact) mass is 508 g/mol. The maximum atomic E-state index is 13.6. The minimum atomic E-state index is -0.870. The van der Waals surface area contributed by atoms with Crippen molar-refractivity contribution < 1.29 is 19.4 Å². The van der Waals surface area contributed by atoms with Gasteiger partial charge < -0.3 is 14.7 Å².